The number of aromatic nitrogens is 1. The Labute approximate surface area is 170 Å². The topological polar surface area (TPSA) is 86.5 Å². The number of aryl methyl sites for hydroxylation is 1. The molecule has 1 aromatic heterocycles. The van der Waals surface area contributed by atoms with Gasteiger partial charge in [0.05, 0.1) is 17.9 Å². The third kappa shape index (κ3) is 5.33. The highest BCUT2D eigenvalue weighted by Gasteiger charge is 2.11. The van der Waals surface area contributed by atoms with Gasteiger partial charge in [-0.05, 0) is 47.9 Å². The van der Waals surface area contributed by atoms with Gasteiger partial charge in [0.25, 0.3) is 5.91 Å². The van der Waals surface area contributed by atoms with E-state index in [2.05, 4.69) is 23.3 Å². The number of anilines is 1. The summed E-state index contributed by atoms with van der Waals surface area (Å²) in [7, 11) is 1.58. The molecule has 0 aliphatic heterocycles. The number of hydrogen-bond donors (Lipinski definition) is 2. The quantitative estimate of drug-likeness (QED) is 0.604. The summed E-state index contributed by atoms with van der Waals surface area (Å²) in [6.07, 6.45) is 0.907. The molecule has 3 rings (SSSR count). The van der Waals surface area contributed by atoms with Crippen LogP contribution in [0, 0.1) is 0 Å². The summed E-state index contributed by atoms with van der Waals surface area (Å²) >= 11 is 0. The highest BCUT2D eigenvalue weighted by atomic mass is 16.5. The van der Waals surface area contributed by atoms with Gasteiger partial charge >= 0.3 is 0 Å². The number of benzene rings is 2. The van der Waals surface area contributed by atoms with Gasteiger partial charge in [0, 0.05) is 13.7 Å². The zero-order valence-corrected chi connectivity index (χ0v) is 16.6. The van der Waals surface area contributed by atoms with E-state index < -0.39 is 0 Å². The summed E-state index contributed by atoms with van der Waals surface area (Å²) in [5.74, 6) is 1.53. The van der Waals surface area contributed by atoms with E-state index in [-0.39, 0.29) is 11.7 Å². The van der Waals surface area contributed by atoms with E-state index in [1.165, 1.54) is 0 Å². The largest absolute Gasteiger partial charge is 0.457 e. The molecule has 0 unspecified atom stereocenters. The predicted molar refractivity (Wildman–Crippen MR) is 113 cm³/mol. The zero-order valence-electron chi connectivity index (χ0n) is 16.6. The molecule has 0 bridgehead atoms. The van der Waals surface area contributed by atoms with Gasteiger partial charge in [-0.25, -0.2) is 4.98 Å². The fourth-order valence-corrected chi connectivity index (χ4v) is 2.91. The summed E-state index contributed by atoms with van der Waals surface area (Å²) in [5, 5.41) is 2.86. The molecule has 0 saturated carbocycles. The number of carbonyl (C=O) groups is 1. The van der Waals surface area contributed by atoms with Crippen molar-refractivity contribution in [3.8, 4) is 11.5 Å². The number of amides is 1. The number of nitrogens with one attached hydrogen (secondary N) is 1. The molecule has 3 aromatic rings. The molecule has 0 fully saturated rings. The van der Waals surface area contributed by atoms with Gasteiger partial charge in [-0.3, -0.25) is 4.79 Å². The molecule has 0 atom stereocenters. The Balaban J connectivity index is 1.59. The number of para-hydroxylation sites is 1. The molecule has 0 saturated heterocycles. The summed E-state index contributed by atoms with van der Waals surface area (Å²) in [6.45, 7) is 2.83. The number of methoxy groups -OCH3 is 1. The molecule has 2 aromatic carbocycles. The molecule has 0 aliphatic rings. The van der Waals surface area contributed by atoms with Crippen LogP contribution in [0.5, 0.6) is 11.5 Å². The van der Waals surface area contributed by atoms with Crippen LogP contribution < -0.4 is 15.8 Å². The standard InChI is InChI=1S/C23H25N3O3/c1-3-17-6-4-5-7-21(17)29-19-11-8-16(9-12-19)14-25-23(27)20-13-10-18(15-28-2)26-22(20)24/h4-13H,3,14-15H2,1-2H3,(H2,24,26)(H,25,27). The lowest BCUT2D eigenvalue weighted by molar-refractivity contribution is 0.0951. The normalized spacial score (nSPS) is 10.6. The van der Waals surface area contributed by atoms with Gasteiger partial charge in [-0.15, -0.1) is 0 Å². The average molecular weight is 391 g/mol. The van der Waals surface area contributed by atoms with Gasteiger partial charge in [0.1, 0.15) is 17.3 Å². The third-order valence-electron chi connectivity index (χ3n) is 4.48. The fourth-order valence-electron chi connectivity index (χ4n) is 2.91. The maximum Gasteiger partial charge on any atom is 0.255 e. The highest BCUT2D eigenvalue weighted by molar-refractivity contribution is 5.98. The van der Waals surface area contributed by atoms with Crippen LogP contribution in [-0.4, -0.2) is 18.0 Å². The van der Waals surface area contributed by atoms with Crippen molar-refractivity contribution in [1.29, 1.82) is 0 Å². The van der Waals surface area contributed by atoms with Crippen LogP contribution in [0.4, 0.5) is 5.82 Å². The van der Waals surface area contributed by atoms with Gasteiger partial charge in [-0.1, -0.05) is 37.3 Å². The second kappa shape index (κ2) is 9.71. The molecule has 3 N–H and O–H groups in total. The number of pyridine rings is 1. The number of nitrogens with two attached hydrogens (primary N) is 1. The van der Waals surface area contributed by atoms with Crippen molar-refractivity contribution in [3.63, 3.8) is 0 Å². The molecule has 1 amide bonds. The number of nitrogen functional groups attached to an aromatic ring is 1. The molecule has 0 spiro atoms. The highest BCUT2D eigenvalue weighted by Crippen LogP contribution is 2.25. The minimum atomic E-state index is -0.267. The maximum absolute atomic E-state index is 12.4. The summed E-state index contributed by atoms with van der Waals surface area (Å²) in [4.78, 5) is 16.6. The fraction of sp³-hybridized carbons (Fsp3) is 0.217. The first kappa shape index (κ1) is 20.4. The molecule has 0 aliphatic carbocycles. The monoisotopic (exact) mass is 391 g/mol. The van der Waals surface area contributed by atoms with Gasteiger partial charge in [0.15, 0.2) is 0 Å². The van der Waals surface area contributed by atoms with E-state index in [9.17, 15) is 4.79 Å². The molecular formula is C23H25N3O3. The molecule has 6 nitrogen and oxygen atoms in total. The Bertz CT molecular complexity index is 971. The van der Waals surface area contributed by atoms with Gasteiger partial charge in [-0.2, -0.15) is 0 Å². The van der Waals surface area contributed by atoms with Gasteiger partial charge in [0.2, 0.25) is 0 Å². The molecular weight excluding hydrogens is 366 g/mol. The lowest BCUT2D eigenvalue weighted by Crippen LogP contribution is -2.24. The Morgan fingerprint density at radius 3 is 2.52 bits per heavy atom. The Morgan fingerprint density at radius 1 is 1.07 bits per heavy atom. The number of hydrogen-bond acceptors (Lipinski definition) is 5. The Morgan fingerprint density at radius 2 is 1.83 bits per heavy atom. The lowest BCUT2D eigenvalue weighted by Gasteiger charge is -2.11. The van der Waals surface area contributed by atoms with E-state index in [0.717, 1.165) is 29.0 Å². The second-order valence-electron chi connectivity index (χ2n) is 6.56. The third-order valence-corrected chi connectivity index (χ3v) is 4.48. The summed E-state index contributed by atoms with van der Waals surface area (Å²) in [5.41, 5.74) is 9.04. The first-order chi connectivity index (χ1) is 14.1. The SMILES string of the molecule is CCc1ccccc1Oc1ccc(CNC(=O)c2ccc(COC)nc2N)cc1. The number of nitrogens with zero attached hydrogens (tertiary/aromatic N) is 1. The molecule has 6 heteroatoms. The average Bonchev–Trinajstić information content (AvgIpc) is 2.74. The predicted octanol–water partition coefficient (Wildman–Crippen LogP) is 4.09. The van der Waals surface area contributed by atoms with E-state index in [1.807, 2.05) is 42.5 Å². The molecule has 150 valence electrons. The van der Waals surface area contributed by atoms with Crippen LogP contribution in [0.3, 0.4) is 0 Å². The van der Waals surface area contributed by atoms with Crippen molar-refractivity contribution in [3.05, 3.63) is 83.0 Å². The van der Waals surface area contributed by atoms with Crippen LogP contribution in [0.2, 0.25) is 0 Å². The number of rotatable bonds is 8. The van der Waals surface area contributed by atoms with Crippen molar-refractivity contribution in [1.82, 2.24) is 10.3 Å². The first-order valence-corrected chi connectivity index (χ1v) is 9.48. The first-order valence-electron chi connectivity index (χ1n) is 9.48. The summed E-state index contributed by atoms with van der Waals surface area (Å²) < 4.78 is 11.0. The Hall–Kier alpha value is -3.38. The minimum Gasteiger partial charge on any atom is -0.457 e. The van der Waals surface area contributed by atoms with Crippen LogP contribution in [0.1, 0.15) is 34.1 Å². The minimum absolute atomic E-state index is 0.190. The van der Waals surface area contributed by atoms with E-state index in [4.69, 9.17) is 15.2 Å². The van der Waals surface area contributed by atoms with Gasteiger partial charge < -0.3 is 20.5 Å². The van der Waals surface area contributed by atoms with Crippen LogP contribution in [0.15, 0.2) is 60.7 Å². The van der Waals surface area contributed by atoms with E-state index in [1.54, 1.807) is 19.2 Å². The summed E-state index contributed by atoms with van der Waals surface area (Å²) in [6, 6.07) is 19.0. The second-order valence-corrected chi connectivity index (χ2v) is 6.56. The van der Waals surface area contributed by atoms with Crippen LogP contribution in [-0.2, 0) is 24.3 Å². The van der Waals surface area contributed by atoms with Crippen molar-refractivity contribution in [2.75, 3.05) is 12.8 Å². The lowest BCUT2D eigenvalue weighted by atomic mass is 10.1. The van der Waals surface area contributed by atoms with Crippen LogP contribution >= 0.6 is 0 Å². The Kier molecular flexibility index (Phi) is 6.81. The van der Waals surface area contributed by atoms with E-state index in [0.29, 0.717) is 24.4 Å². The number of carbonyl (C=O) groups excluding carboxylic acids is 1. The van der Waals surface area contributed by atoms with Crippen LogP contribution in [0.25, 0.3) is 0 Å². The molecule has 29 heavy (non-hydrogen) atoms. The maximum atomic E-state index is 12.4. The van der Waals surface area contributed by atoms with Crippen molar-refractivity contribution < 1.29 is 14.3 Å². The number of ether oxygens (including phenoxy) is 2. The van der Waals surface area contributed by atoms with Crippen molar-refractivity contribution in [2.24, 2.45) is 0 Å². The smallest absolute Gasteiger partial charge is 0.255 e. The van der Waals surface area contributed by atoms with Crippen molar-refractivity contribution in [2.45, 2.75) is 26.5 Å². The van der Waals surface area contributed by atoms with E-state index >= 15 is 0 Å². The molecule has 0 radical (unpaired) electrons. The molecule has 1 heterocycles. The zero-order chi connectivity index (χ0) is 20.6. The van der Waals surface area contributed by atoms with Crippen molar-refractivity contribution >= 4 is 11.7 Å².